The van der Waals surface area contributed by atoms with Gasteiger partial charge in [-0.25, -0.2) is 0 Å². The number of carbonyl (C=O) groups excluding carboxylic acids is 2. The smallest absolute Gasteiger partial charge is 0.243 e. The van der Waals surface area contributed by atoms with Gasteiger partial charge in [0, 0.05) is 18.3 Å². The van der Waals surface area contributed by atoms with E-state index in [-0.39, 0.29) is 17.9 Å². The van der Waals surface area contributed by atoms with Gasteiger partial charge in [-0.2, -0.15) is 0 Å². The highest BCUT2D eigenvalue weighted by atomic mass is 32.2. The van der Waals surface area contributed by atoms with Crippen molar-refractivity contribution in [2.75, 3.05) is 5.75 Å². The van der Waals surface area contributed by atoms with Crippen LogP contribution in [0.4, 0.5) is 0 Å². The standard InChI is InChI=1S/C25H34N2O2S/c1-6-23(25(29)26-18(2)3)27(15-21-12-10-19(4)11-13-21)24(28)17-30-16-22-9-7-8-20(5)14-22/h7-14,18,23H,6,15-17H2,1-5H3,(H,26,29)/t23-/m0/s1. The molecule has 2 rings (SSSR count). The van der Waals surface area contributed by atoms with Gasteiger partial charge in [0.15, 0.2) is 0 Å². The molecule has 0 aromatic heterocycles. The number of nitrogens with zero attached hydrogens (tertiary/aromatic N) is 1. The van der Waals surface area contributed by atoms with Crippen LogP contribution in [0.3, 0.4) is 0 Å². The minimum absolute atomic E-state index is 0.000941. The van der Waals surface area contributed by atoms with E-state index in [1.807, 2.05) is 58.0 Å². The predicted octanol–water partition coefficient (Wildman–Crippen LogP) is 4.87. The van der Waals surface area contributed by atoms with Gasteiger partial charge in [0.2, 0.25) is 11.8 Å². The molecule has 0 aliphatic heterocycles. The highest BCUT2D eigenvalue weighted by Gasteiger charge is 2.28. The van der Waals surface area contributed by atoms with Crippen molar-refractivity contribution in [3.05, 3.63) is 70.8 Å². The molecule has 2 aromatic carbocycles. The molecule has 1 atom stereocenters. The minimum atomic E-state index is -0.472. The molecule has 0 fully saturated rings. The molecule has 0 bridgehead atoms. The van der Waals surface area contributed by atoms with Crippen LogP contribution >= 0.6 is 11.8 Å². The number of carbonyl (C=O) groups is 2. The van der Waals surface area contributed by atoms with Crippen molar-refractivity contribution in [1.29, 1.82) is 0 Å². The molecule has 1 N–H and O–H groups in total. The van der Waals surface area contributed by atoms with Gasteiger partial charge < -0.3 is 10.2 Å². The number of aryl methyl sites for hydroxylation is 2. The van der Waals surface area contributed by atoms with Gasteiger partial charge in [-0.1, -0.05) is 66.6 Å². The van der Waals surface area contributed by atoms with Gasteiger partial charge in [0.25, 0.3) is 0 Å². The van der Waals surface area contributed by atoms with E-state index in [0.29, 0.717) is 18.7 Å². The van der Waals surface area contributed by atoms with Crippen LogP contribution in [0.25, 0.3) is 0 Å². The summed E-state index contributed by atoms with van der Waals surface area (Å²) in [6, 6.07) is 16.1. The van der Waals surface area contributed by atoms with E-state index in [0.717, 1.165) is 11.3 Å². The molecule has 0 aliphatic carbocycles. The fraction of sp³-hybridized carbons (Fsp3) is 0.440. The summed E-state index contributed by atoms with van der Waals surface area (Å²) < 4.78 is 0. The van der Waals surface area contributed by atoms with Crippen molar-refractivity contribution in [1.82, 2.24) is 10.2 Å². The van der Waals surface area contributed by atoms with E-state index in [2.05, 4.69) is 30.4 Å². The maximum atomic E-state index is 13.2. The molecule has 2 amide bonds. The average molecular weight is 427 g/mol. The lowest BCUT2D eigenvalue weighted by atomic mass is 10.1. The summed E-state index contributed by atoms with van der Waals surface area (Å²) >= 11 is 1.60. The molecule has 0 heterocycles. The van der Waals surface area contributed by atoms with E-state index in [4.69, 9.17) is 0 Å². The van der Waals surface area contributed by atoms with Crippen LogP contribution in [-0.4, -0.2) is 34.6 Å². The van der Waals surface area contributed by atoms with Crippen LogP contribution in [0, 0.1) is 13.8 Å². The van der Waals surface area contributed by atoms with E-state index in [9.17, 15) is 9.59 Å². The van der Waals surface area contributed by atoms with Gasteiger partial charge in [-0.15, -0.1) is 11.8 Å². The Balaban J connectivity index is 2.12. The van der Waals surface area contributed by atoms with E-state index >= 15 is 0 Å². The van der Waals surface area contributed by atoms with Crippen molar-refractivity contribution < 1.29 is 9.59 Å². The SMILES string of the molecule is CC[C@@H](C(=O)NC(C)C)N(Cc1ccc(C)cc1)C(=O)CSCc1cccc(C)c1. The van der Waals surface area contributed by atoms with Gasteiger partial charge in [0.1, 0.15) is 6.04 Å². The first-order valence-corrected chi connectivity index (χ1v) is 11.7. The zero-order valence-electron chi connectivity index (χ0n) is 18.8. The van der Waals surface area contributed by atoms with Crippen LogP contribution in [0.2, 0.25) is 0 Å². The second kappa shape index (κ2) is 11.8. The number of benzene rings is 2. The molecular formula is C25H34N2O2S. The third-order valence-corrected chi connectivity index (χ3v) is 5.86. The first kappa shape index (κ1) is 24.0. The highest BCUT2D eigenvalue weighted by Crippen LogP contribution is 2.18. The Labute approximate surface area is 185 Å². The van der Waals surface area contributed by atoms with Crippen molar-refractivity contribution in [2.45, 2.75) is 65.4 Å². The summed E-state index contributed by atoms with van der Waals surface area (Å²) in [5.74, 6) is 1.04. The van der Waals surface area contributed by atoms with E-state index in [1.165, 1.54) is 16.7 Å². The molecule has 162 valence electrons. The fourth-order valence-electron chi connectivity index (χ4n) is 3.33. The van der Waals surface area contributed by atoms with Crippen molar-refractivity contribution in [3.8, 4) is 0 Å². The summed E-state index contributed by atoms with van der Waals surface area (Å²) in [5.41, 5.74) is 4.64. The normalized spacial score (nSPS) is 11.9. The predicted molar refractivity (Wildman–Crippen MR) is 126 cm³/mol. The zero-order chi connectivity index (χ0) is 22.1. The first-order chi connectivity index (χ1) is 14.3. The Morgan fingerprint density at radius 2 is 1.70 bits per heavy atom. The Morgan fingerprint density at radius 3 is 2.30 bits per heavy atom. The lowest BCUT2D eigenvalue weighted by Crippen LogP contribution is -2.50. The number of nitrogens with one attached hydrogen (secondary N) is 1. The molecule has 0 spiro atoms. The fourth-order valence-corrected chi connectivity index (χ4v) is 4.19. The van der Waals surface area contributed by atoms with Crippen molar-refractivity contribution in [3.63, 3.8) is 0 Å². The Kier molecular flexibility index (Phi) is 9.44. The quantitative estimate of drug-likeness (QED) is 0.590. The highest BCUT2D eigenvalue weighted by molar-refractivity contribution is 7.99. The van der Waals surface area contributed by atoms with Crippen molar-refractivity contribution >= 4 is 23.6 Å². The van der Waals surface area contributed by atoms with E-state index < -0.39 is 6.04 Å². The van der Waals surface area contributed by atoms with Gasteiger partial charge >= 0.3 is 0 Å². The number of amides is 2. The lowest BCUT2D eigenvalue weighted by Gasteiger charge is -2.31. The van der Waals surface area contributed by atoms with E-state index in [1.54, 1.807) is 16.7 Å². The zero-order valence-corrected chi connectivity index (χ0v) is 19.6. The van der Waals surface area contributed by atoms with Crippen LogP contribution in [0.1, 0.15) is 49.4 Å². The van der Waals surface area contributed by atoms with Gasteiger partial charge in [0.05, 0.1) is 5.75 Å². The maximum absolute atomic E-state index is 13.2. The molecule has 0 unspecified atom stereocenters. The molecule has 0 saturated carbocycles. The second-order valence-corrected chi connectivity index (χ2v) is 9.06. The van der Waals surface area contributed by atoms with Crippen LogP contribution < -0.4 is 5.32 Å². The molecule has 30 heavy (non-hydrogen) atoms. The molecule has 0 saturated heterocycles. The van der Waals surface area contributed by atoms with Crippen LogP contribution in [-0.2, 0) is 21.9 Å². The van der Waals surface area contributed by atoms with Crippen LogP contribution in [0.15, 0.2) is 48.5 Å². The summed E-state index contributed by atoms with van der Waals surface area (Å²) in [6.07, 6.45) is 0.582. The minimum Gasteiger partial charge on any atom is -0.352 e. The average Bonchev–Trinajstić information content (AvgIpc) is 2.68. The summed E-state index contributed by atoms with van der Waals surface area (Å²) in [6.45, 7) is 10.4. The molecule has 0 aliphatic rings. The van der Waals surface area contributed by atoms with Gasteiger partial charge in [-0.05, 0) is 45.2 Å². The van der Waals surface area contributed by atoms with Crippen molar-refractivity contribution in [2.24, 2.45) is 0 Å². The number of thioether (sulfide) groups is 1. The Hall–Kier alpha value is -2.27. The molecular weight excluding hydrogens is 392 g/mol. The monoisotopic (exact) mass is 426 g/mol. The maximum Gasteiger partial charge on any atom is 0.243 e. The third-order valence-electron chi connectivity index (χ3n) is 4.87. The molecule has 4 nitrogen and oxygen atoms in total. The third kappa shape index (κ3) is 7.52. The Morgan fingerprint density at radius 1 is 1.00 bits per heavy atom. The molecule has 0 radical (unpaired) electrons. The molecule has 5 heteroatoms. The number of rotatable bonds is 10. The topological polar surface area (TPSA) is 49.4 Å². The number of hydrogen-bond acceptors (Lipinski definition) is 3. The molecule has 2 aromatic rings. The largest absolute Gasteiger partial charge is 0.352 e. The van der Waals surface area contributed by atoms with Gasteiger partial charge in [-0.3, -0.25) is 9.59 Å². The number of hydrogen-bond donors (Lipinski definition) is 1. The second-order valence-electron chi connectivity index (χ2n) is 8.08. The summed E-state index contributed by atoms with van der Waals surface area (Å²) in [7, 11) is 0. The summed E-state index contributed by atoms with van der Waals surface area (Å²) in [5, 5.41) is 2.97. The lowest BCUT2D eigenvalue weighted by molar-refractivity contribution is -0.139. The first-order valence-electron chi connectivity index (χ1n) is 10.6. The Bertz CT molecular complexity index is 833. The summed E-state index contributed by atoms with van der Waals surface area (Å²) in [4.78, 5) is 27.7. The van der Waals surface area contributed by atoms with Crippen LogP contribution in [0.5, 0.6) is 0 Å².